The summed E-state index contributed by atoms with van der Waals surface area (Å²) >= 11 is 0. The van der Waals surface area contributed by atoms with E-state index in [0.717, 1.165) is 30.5 Å². The zero-order chi connectivity index (χ0) is 25.2. The summed E-state index contributed by atoms with van der Waals surface area (Å²) in [5.41, 5.74) is 4.98. The van der Waals surface area contributed by atoms with Crippen molar-refractivity contribution in [1.82, 2.24) is 20.2 Å². The number of carbonyl (C=O) groups is 1. The van der Waals surface area contributed by atoms with Gasteiger partial charge in [0.1, 0.15) is 5.82 Å². The molecule has 6 nitrogen and oxygen atoms in total. The number of fused-ring (bicyclic) bond motifs is 1. The molecule has 1 N–H and O–H groups in total. The minimum Gasteiger partial charge on any atom is -0.340 e. The second-order valence-corrected chi connectivity index (χ2v) is 9.32. The van der Waals surface area contributed by atoms with Crippen molar-refractivity contribution in [2.75, 3.05) is 20.1 Å². The molecule has 5 rings (SSSR count). The van der Waals surface area contributed by atoms with E-state index < -0.39 is 0 Å². The molecule has 0 bridgehead atoms. The second-order valence-electron chi connectivity index (χ2n) is 9.32. The van der Waals surface area contributed by atoms with Crippen molar-refractivity contribution in [2.24, 2.45) is 0 Å². The normalized spacial score (nSPS) is 15.1. The minimum absolute atomic E-state index is 0.149. The van der Waals surface area contributed by atoms with Crippen LogP contribution in [0.1, 0.15) is 34.3 Å². The SMILES string of the molecule is Cc1cc(F)cc(-c2cnc3ccc(-c4cc(C#N)ccn4)cc3c2C(=O)N(C)C[C@@H]2CCCN2)c1. The summed E-state index contributed by atoms with van der Waals surface area (Å²) in [6.07, 6.45) is 5.36. The van der Waals surface area contributed by atoms with E-state index in [-0.39, 0.29) is 17.8 Å². The van der Waals surface area contributed by atoms with Crippen molar-refractivity contribution in [2.45, 2.75) is 25.8 Å². The first kappa shape index (κ1) is 23.6. The van der Waals surface area contributed by atoms with Crippen LogP contribution >= 0.6 is 0 Å². The van der Waals surface area contributed by atoms with Gasteiger partial charge in [0.25, 0.3) is 5.91 Å². The van der Waals surface area contributed by atoms with Gasteiger partial charge in [-0.25, -0.2) is 4.39 Å². The van der Waals surface area contributed by atoms with Gasteiger partial charge in [0.2, 0.25) is 0 Å². The van der Waals surface area contributed by atoms with Crippen molar-refractivity contribution in [1.29, 1.82) is 5.26 Å². The van der Waals surface area contributed by atoms with Gasteiger partial charge in [-0.3, -0.25) is 14.8 Å². The Hall–Kier alpha value is -4.15. The predicted molar refractivity (Wildman–Crippen MR) is 138 cm³/mol. The molecule has 0 saturated carbocycles. The molecule has 1 fully saturated rings. The van der Waals surface area contributed by atoms with Crippen LogP contribution in [0.3, 0.4) is 0 Å². The molecular weight excluding hydrogens is 453 g/mol. The lowest BCUT2D eigenvalue weighted by Crippen LogP contribution is -2.38. The largest absolute Gasteiger partial charge is 0.340 e. The summed E-state index contributed by atoms with van der Waals surface area (Å²) in [6, 6.07) is 16.1. The van der Waals surface area contributed by atoms with Crippen molar-refractivity contribution in [3.8, 4) is 28.5 Å². The standard InChI is InChI=1S/C29H26FN5O/c1-18-10-21(13-22(30)11-18)25-16-34-26-6-5-20(27-12-19(15-31)7-9-33-27)14-24(26)28(25)29(36)35(2)17-23-4-3-8-32-23/h5-7,9-14,16,23,32H,3-4,8,17H2,1-2H3/t23-/m0/s1. The Bertz CT molecular complexity index is 1480. The lowest BCUT2D eigenvalue weighted by molar-refractivity contribution is 0.0786. The van der Waals surface area contributed by atoms with E-state index in [0.29, 0.717) is 45.4 Å². The van der Waals surface area contributed by atoms with Crippen LogP contribution in [0.15, 0.2) is 60.9 Å². The van der Waals surface area contributed by atoms with Gasteiger partial charge in [-0.05, 0) is 73.8 Å². The van der Waals surface area contributed by atoms with Gasteiger partial charge in [-0.2, -0.15) is 5.26 Å². The highest BCUT2D eigenvalue weighted by molar-refractivity contribution is 6.12. The maximum Gasteiger partial charge on any atom is 0.255 e. The molecule has 0 spiro atoms. The Morgan fingerprint density at radius 3 is 2.78 bits per heavy atom. The highest BCUT2D eigenvalue weighted by atomic mass is 19.1. The number of nitrogens with one attached hydrogen (secondary N) is 1. The van der Waals surface area contributed by atoms with Crippen LogP contribution in [0, 0.1) is 24.1 Å². The number of rotatable bonds is 5. The fourth-order valence-corrected chi connectivity index (χ4v) is 4.87. The van der Waals surface area contributed by atoms with Crippen molar-refractivity contribution in [3.63, 3.8) is 0 Å². The number of hydrogen-bond acceptors (Lipinski definition) is 5. The molecule has 180 valence electrons. The molecule has 0 aliphatic carbocycles. The summed E-state index contributed by atoms with van der Waals surface area (Å²) in [5.74, 6) is -0.512. The first-order chi connectivity index (χ1) is 17.4. The lowest BCUT2D eigenvalue weighted by atomic mass is 9.94. The molecule has 36 heavy (non-hydrogen) atoms. The third-order valence-electron chi connectivity index (χ3n) is 6.62. The van der Waals surface area contributed by atoms with Gasteiger partial charge in [-0.15, -0.1) is 0 Å². The predicted octanol–water partition coefficient (Wildman–Crippen LogP) is 5.11. The van der Waals surface area contributed by atoms with Crippen LogP contribution in [-0.2, 0) is 0 Å². The van der Waals surface area contributed by atoms with E-state index >= 15 is 0 Å². The third-order valence-corrected chi connectivity index (χ3v) is 6.62. The molecule has 2 aromatic heterocycles. The zero-order valence-corrected chi connectivity index (χ0v) is 20.3. The molecule has 1 atom stereocenters. The van der Waals surface area contributed by atoms with Gasteiger partial charge in [0.15, 0.2) is 0 Å². The van der Waals surface area contributed by atoms with E-state index in [1.807, 2.05) is 31.2 Å². The van der Waals surface area contributed by atoms with E-state index in [1.54, 1.807) is 36.5 Å². The number of halogens is 1. The third kappa shape index (κ3) is 4.68. The molecule has 1 saturated heterocycles. The summed E-state index contributed by atoms with van der Waals surface area (Å²) in [5, 5.41) is 13.4. The molecular formula is C29H26FN5O. The van der Waals surface area contributed by atoms with E-state index in [4.69, 9.17) is 0 Å². The Morgan fingerprint density at radius 1 is 1.17 bits per heavy atom. The van der Waals surface area contributed by atoms with Gasteiger partial charge < -0.3 is 10.2 Å². The average Bonchev–Trinajstić information content (AvgIpc) is 3.39. The first-order valence-electron chi connectivity index (χ1n) is 12.0. The lowest BCUT2D eigenvalue weighted by Gasteiger charge is -2.24. The number of carbonyl (C=O) groups excluding carboxylic acids is 1. The van der Waals surface area contributed by atoms with E-state index in [2.05, 4.69) is 21.4 Å². The molecule has 1 amide bonds. The molecule has 2 aromatic carbocycles. The summed E-state index contributed by atoms with van der Waals surface area (Å²) < 4.78 is 14.4. The molecule has 4 aromatic rings. The summed E-state index contributed by atoms with van der Waals surface area (Å²) in [6.45, 7) is 3.36. The number of aryl methyl sites for hydroxylation is 1. The number of nitriles is 1. The Labute approximate surface area is 209 Å². The highest BCUT2D eigenvalue weighted by Gasteiger charge is 2.25. The smallest absolute Gasteiger partial charge is 0.255 e. The van der Waals surface area contributed by atoms with Crippen molar-refractivity contribution in [3.05, 3.63) is 83.4 Å². The number of nitrogens with zero attached hydrogens (tertiary/aromatic N) is 4. The fraction of sp³-hybridized carbons (Fsp3) is 0.241. The average molecular weight is 480 g/mol. The topological polar surface area (TPSA) is 81.9 Å². The van der Waals surface area contributed by atoms with Gasteiger partial charge in [0.05, 0.1) is 28.4 Å². The first-order valence-corrected chi connectivity index (χ1v) is 12.0. The molecule has 7 heteroatoms. The minimum atomic E-state index is -0.363. The van der Waals surface area contributed by atoms with E-state index in [9.17, 15) is 14.4 Å². The van der Waals surface area contributed by atoms with E-state index in [1.165, 1.54) is 12.1 Å². The monoisotopic (exact) mass is 479 g/mol. The molecule has 0 radical (unpaired) electrons. The fourth-order valence-electron chi connectivity index (χ4n) is 4.87. The van der Waals surface area contributed by atoms with Crippen LogP contribution in [0.4, 0.5) is 4.39 Å². The molecule has 1 aliphatic heterocycles. The summed E-state index contributed by atoms with van der Waals surface area (Å²) in [7, 11) is 1.80. The molecule has 1 aliphatic rings. The van der Waals surface area contributed by atoms with Crippen molar-refractivity contribution < 1.29 is 9.18 Å². The quantitative estimate of drug-likeness (QED) is 0.430. The maximum atomic E-state index is 14.4. The van der Waals surface area contributed by atoms with Crippen LogP contribution in [0.2, 0.25) is 0 Å². The molecule has 0 unspecified atom stereocenters. The Kier molecular flexibility index (Phi) is 6.45. The Morgan fingerprint density at radius 2 is 2.03 bits per heavy atom. The van der Waals surface area contributed by atoms with Gasteiger partial charge in [0, 0.05) is 48.5 Å². The van der Waals surface area contributed by atoms with Crippen LogP contribution in [-0.4, -0.2) is 47.0 Å². The number of pyridine rings is 2. The van der Waals surface area contributed by atoms with Gasteiger partial charge >= 0.3 is 0 Å². The van der Waals surface area contributed by atoms with Crippen LogP contribution in [0.25, 0.3) is 33.3 Å². The maximum absolute atomic E-state index is 14.4. The van der Waals surface area contributed by atoms with Crippen LogP contribution in [0.5, 0.6) is 0 Å². The number of amides is 1. The zero-order valence-electron chi connectivity index (χ0n) is 20.3. The summed E-state index contributed by atoms with van der Waals surface area (Å²) in [4.78, 5) is 24.7. The number of benzene rings is 2. The van der Waals surface area contributed by atoms with Gasteiger partial charge in [-0.1, -0.05) is 12.1 Å². The highest BCUT2D eigenvalue weighted by Crippen LogP contribution is 2.33. The number of likely N-dealkylation sites (N-methyl/N-ethyl adjacent to an activating group) is 1. The second kappa shape index (κ2) is 9.84. The van der Waals surface area contributed by atoms with Crippen molar-refractivity contribution >= 4 is 16.8 Å². The van der Waals surface area contributed by atoms with Crippen LogP contribution < -0.4 is 5.32 Å². The number of aromatic nitrogens is 2. The Balaban J connectivity index is 1.69. The number of hydrogen-bond donors (Lipinski definition) is 1. The molecule has 3 heterocycles.